The first-order valence-electron chi connectivity index (χ1n) is 10.2. The van der Waals surface area contributed by atoms with Crippen LogP contribution in [0.5, 0.6) is 0 Å². The molecule has 1 radical (unpaired) electrons. The predicted molar refractivity (Wildman–Crippen MR) is 107 cm³/mol. The van der Waals surface area contributed by atoms with Gasteiger partial charge in [-0.2, -0.15) is 61.5 Å². The Morgan fingerprint density at radius 3 is 1.20 bits per heavy atom. The van der Waals surface area contributed by atoms with Gasteiger partial charge in [-0.15, -0.1) is 0 Å². The standard InChI is InChI=1S/C11H13F7O2.C10H11F7O2.Eu/c1-8(2,3)6(19)5-7(20-4)9(12,13)10(14,15)11(16,17)18;1-7(2,3)5(18)4-6(19)8(11,12)9(13,14)10(15,16)17;/h5H,1-4H3;4H2,1-3H3;/p+1/b7-5-;;. The normalized spacial score (nSPS) is 14.5. The summed E-state index contributed by atoms with van der Waals surface area (Å²) < 4.78 is 178. The van der Waals surface area contributed by atoms with Gasteiger partial charge in [0, 0.05) is 54.8 Å². The predicted octanol–water partition coefficient (Wildman–Crippen LogP) is 7.33. The molecule has 0 aromatic rings. The zero-order chi connectivity index (χ0) is 32.4. The number of carbonyl (C=O) groups excluding carboxylic acids is 3. The fraction of sp³-hybridized carbons (Fsp3) is 0.762. The maximum atomic E-state index is 13.3. The summed E-state index contributed by atoms with van der Waals surface area (Å²) >= 11 is 0. The van der Waals surface area contributed by atoms with Crippen LogP contribution in [-0.4, -0.2) is 65.3 Å². The van der Waals surface area contributed by atoms with E-state index in [1.54, 1.807) is 0 Å². The van der Waals surface area contributed by atoms with Crippen molar-refractivity contribution in [1.29, 1.82) is 0 Å². The number of methoxy groups -OCH3 is 1. The van der Waals surface area contributed by atoms with Crippen molar-refractivity contribution in [1.82, 2.24) is 0 Å². The van der Waals surface area contributed by atoms with Crippen LogP contribution in [0.4, 0.5) is 61.5 Å². The first-order valence-corrected chi connectivity index (χ1v) is 10.2. The molecule has 0 amide bonds. The molecule has 0 aromatic carbocycles. The molecule has 19 heteroatoms. The number of ketones is 3. The Hall–Kier alpha value is -0.846. The third kappa shape index (κ3) is 10.2. The Morgan fingerprint density at radius 2 is 0.950 bits per heavy atom. The van der Waals surface area contributed by atoms with Gasteiger partial charge in [0.15, 0.2) is 5.76 Å². The molecule has 237 valence electrons. The van der Waals surface area contributed by atoms with Crippen LogP contribution in [0, 0.1) is 60.2 Å². The smallest absolute Gasteiger partial charge is 0.460 e. The average molecular weight is 759 g/mol. The first-order chi connectivity index (χ1) is 16.6. The number of hydrogen-bond donors (Lipinski definition) is 0. The molecule has 0 saturated carbocycles. The van der Waals surface area contributed by atoms with E-state index in [2.05, 4.69) is 4.74 Å². The minimum Gasteiger partial charge on any atom is -0.494 e. The molecule has 1 N–H and O–H groups in total. The maximum Gasteiger partial charge on any atom is 0.460 e. The number of hydrogen-bond acceptors (Lipinski definition) is 3. The minimum atomic E-state index is -6.59. The van der Waals surface area contributed by atoms with Crippen molar-refractivity contribution in [3.8, 4) is 0 Å². The Morgan fingerprint density at radius 1 is 0.625 bits per heavy atom. The third-order valence-electron chi connectivity index (χ3n) is 4.57. The largest absolute Gasteiger partial charge is 0.494 e. The summed E-state index contributed by atoms with van der Waals surface area (Å²) in [5.41, 5.74) is -2.44. The molecule has 0 bridgehead atoms. The first kappa shape index (κ1) is 43.6. The topological polar surface area (TPSA) is 64.8 Å². The molecule has 0 aliphatic carbocycles. The quantitative estimate of drug-likeness (QED) is 0.0857. The van der Waals surface area contributed by atoms with Crippen LogP contribution in [0.15, 0.2) is 11.8 Å². The van der Waals surface area contributed by atoms with Crippen molar-refractivity contribution < 1.29 is 130 Å². The number of halogens is 14. The molecule has 0 aromatic heterocycles. The Balaban J connectivity index is -0.000000669. The summed E-state index contributed by atoms with van der Waals surface area (Å²) in [6.07, 6.45) is -14.7. The van der Waals surface area contributed by atoms with E-state index < -0.39 is 76.4 Å². The van der Waals surface area contributed by atoms with Crippen LogP contribution in [0.1, 0.15) is 48.0 Å². The van der Waals surface area contributed by atoms with Crippen molar-refractivity contribution in [2.75, 3.05) is 7.11 Å². The molecule has 0 rings (SSSR count). The molecular formula is C21H25EuF14O4+. The van der Waals surface area contributed by atoms with Gasteiger partial charge in [0.25, 0.3) is 0 Å². The zero-order valence-corrected chi connectivity index (χ0v) is 24.1. The van der Waals surface area contributed by atoms with Crippen molar-refractivity contribution >= 4 is 17.3 Å². The van der Waals surface area contributed by atoms with Crippen LogP contribution >= 0.6 is 0 Å². The number of Topliss-reactive ketones (excluding diaryl/α,β-unsaturated/α-hetero) is 2. The second kappa shape index (κ2) is 13.6. The zero-order valence-electron chi connectivity index (χ0n) is 21.6. The van der Waals surface area contributed by atoms with Crippen molar-refractivity contribution in [3.05, 3.63) is 11.8 Å². The molecule has 0 saturated heterocycles. The summed E-state index contributed by atoms with van der Waals surface area (Å²) in [6.45, 7) is 7.65. The number of allylic oxidation sites excluding steroid dienone is 2. The van der Waals surface area contributed by atoms with Crippen LogP contribution in [0.25, 0.3) is 0 Å². The number of carbonyl (C=O) groups is 2. The molecule has 0 fully saturated rings. The van der Waals surface area contributed by atoms with Gasteiger partial charge in [0.2, 0.25) is 5.78 Å². The molecule has 0 spiro atoms. The van der Waals surface area contributed by atoms with Gasteiger partial charge in [0.1, 0.15) is 5.78 Å². The molecule has 0 aliphatic heterocycles. The van der Waals surface area contributed by atoms with Crippen LogP contribution < -0.4 is 0 Å². The summed E-state index contributed by atoms with van der Waals surface area (Å²) in [7, 11) is 0.502. The molecule has 0 aliphatic rings. The molecule has 0 unspecified atom stereocenters. The van der Waals surface area contributed by atoms with E-state index in [-0.39, 0.29) is 55.5 Å². The van der Waals surface area contributed by atoms with Crippen LogP contribution in [0.3, 0.4) is 0 Å². The second-order valence-electron chi connectivity index (χ2n) is 9.91. The fourth-order valence-corrected chi connectivity index (χ4v) is 1.83. The van der Waals surface area contributed by atoms with Crippen LogP contribution in [-0.2, 0) is 14.3 Å². The third-order valence-corrected chi connectivity index (χ3v) is 4.57. The Labute approximate surface area is 259 Å². The average Bonchev–Trinajstić information content (AvgIpc) is 2.68. The van der Waals surface area contributed by atoms with Gasteiger partial charge in [-0.05, 0) is 20.8 Å². The van der Waals surface area contributed by atoms with Gasteiger partial charge in [0.05, 0.1) is 25.0 Å². The molecule has 40 heavy (non-hydrogen) atoms. The maximum absolute atomic E-state index is 13.3. The fourth-order valence-electron chi connectivity index (χ4n) is 1.83. The number of ether oxygens (including phenoxy) is 1. The van der Waals surface area contributed by atoms with E-state index in [0.717, 1.165) is 0 Å². The molecule has 0 heterocycles. The number of alkyl halides is 14. The summed E-state index contributed by atoms with van der Waals surface area (Å²) in [5, 5.41) is 0. The van der Waals surface area contributed by atoms with Crippen molar-refractivity contribution in [2.45, 2.75) is 84.0 Å². The van der Waals surface area contributed by atoms with Gasteiger partial charge in [-0.25, -0.2) is 0 Å². The molecule has 4 nitrogen and oxygen atoms in total. The second-order valence-corrected chi connectivity index (χ2v) is 9.91. The van der Waals surface area contributed by atoms with E-state index in [0.29, 0.717) is 7.11 Å². The van der Waals surface area contributed by atoms with E-state index in [1.807, 2.05) is 0 Å². The van der Waals surface area contributed by atoms with E-state index in [4.69, 9.17) is 0 Å². The molecular weight excluding hydrogens is 734 g/mol. The Kier molecular flexibility index (Phi) is 14.9. The minimum absolute atomic E-state index is 0. The van der Waals surface area contributed by atoms with E-state index >= 15 is 0 Å². The van der Waals surface area contributed by atoms with E-state index in [1.165, 1.54) is 41.5 Å². The van der Waals surface area contributed by atoms with Crippen molar-refractivity contribution in [3.63, 3.8) is 0 Å². The summed E-state index contributed by atoms with van der Waals surface area (Å²) in [5.74, 6) is -31.2. The van der Waals surface area contributed by atoms with E-state index in [9.17, 15) is 75.8 Å². The summed E-state index contributed by atoms with van der Waals surface area (Å²) in [4.78, 5) is 31.5. The SMILES string of the molecule is CC(C)(C)C(=O)CC(=O)C(F)(F)C(F)(F)C(F)(F)F.CO/C(=C\C(=[OH+])C(C)(C)C)C(F)(F)C(F)(F)C(F)(F)F.[Eu]. The van der Waals surface area contributed by atoms with Gasteiger partial charge >= 0.3 is 41.8 Å². The molecule has 0 atom stereocenters. The van der Waals surface area contributed by atoms with Gasteiger partial charge < -0.3 is 4.74 Å². The van der Waals surface area contributed by atoms with Gasteiger partial charge in [-0.1, -0.05) is 20.8 Å². The van der Waals surface area contributed by atoms with Crippen LogP contribution in [0.2, 0.25) is 0 Å². The van der Waals surface area contributed by atoms with Crippen molar-refractivity contribution in [2.24, 2.45) is 10.8 Å². The monoisotopic (exact) mass is 760 g/mol. The summed E-state index contributed by atoms with van der Waals surface area (Å²) in [6, 6.07) is 0. The Bertz CT molecular complexity index is 937. The van der Waals surface area contributed by atoms with Gasteiger partial charge in [-0.3, -0.25) is 14.4 Å². The number of rotatable bonds is 8.